The Kier molecular flexibility index (Phi) is 6.78. The van der Waals surface area contributed by atoms with E-state index < -0.39 is 24.5 Å². The van der Waals surface area contributed by atoms with Gasteiger partial charge in [0.25, 0.3) is 5.91 Å². The molecule has 3 rings (SSSR count). The van der Waals surface area contributed by atoms with Crippen LogP contribution in [0.15, 0.2) is 48.5 Å². The number of alkyl halides is 3. The number of carbonyl (C=O) groups is 3. The quantitative estimate of drug-likeness (QED) is 0.625. The van der Waals surface area contributed by atoms with Crippen molar-refractivity contribution in [2.75, 3.05) is 35.2 Å². The molecule has 1 aliphatic rings. The summed E-state index contributed by atoms with van der Waals surface area (Å²) < 4.78 is 37.0. The van der Waals surface area contributed by atoms with Crippen LogP contribution >= 0.6 is 0 Å². The van der Waals surface area contributed by atoms with Crippen molar-refractivity contribution in [3.05, 3.63) is 54.1 Å². The van der Waals surface area contributed by atoms with Gasteiger partial charge in [0, 0.05) is 30.0 Å². The van der Waals surface area contributed by atoms with Gasteiger partial charge in [-0.2, -0.15) is 13.2 Å². The molecule has 0 aromatic heterocycles. The standard InChI is InChI=1S/C21H21F3N4O3/c22-21(23,24)13-26-20(31)16-4-1-2-5-17(16)25-12-18(29)27-14-7-9-15(10-8-14)28-11-3-6-19(28)30/h1-2,4-5,7-10,25H,3,6,11-13H2,(H,26,31)(H,27,29). The van der Waals surface area contributed by atoms with Crippen LogP contribution in [0, 0.1) is 0 Å². The van der Waals surface area contributed by atoms with Crippen LogP contribution in [-0.4, -0.2) is 43.5 Å². The summed E-state index contributed by atoms with van der Waals surface area (Å²) in [7, 11) is 0. The zero-order valence-electron chi connectivity index (χ0n) is 16.5. The van der Waals surface area contributed by atoms with Crippen molar-refractivity contribution < 1.29 is 27.6 Å². The van der Waals surface area contributed by atoms with Gasteiger partial charge in [0.05, 0.1) is 12.1 Å². The third kappa shape index (κ3) is 6.21. The van der Waals surface area contributed by atoms with E-state index in [2.05, 4.69) is 10.6 Å². The largest absolute Gasteiger partial charge is 0.405 e. The van der Waals surface area contributed by atoms with Gasteiger partial charge in [-0.25, -0.2) is 0 Å². The third-order valence-electron chi connectivity index (χ3n) is 4.60. The highest BCUT2D eigenvalue weighted by molar-refractivity contribution is 6.01. The second kappa shape index (κ2) is 9.50. The van der Waals surface area contributed by atoms with Crippen molar-refractivity contribution in [1.82, 2.24) is 5.32 Å². The first-order valence-corrected chi connectivity index (χ1v) is 9.61. The maximum atomic E-state index is 12.3. The van der Waals surface area contributed by atoms with Crippen LogP contribution in [-0.2, 0) is 9.59 Å². The molecule has 1 aliphatic heterocycles. The van der Waals surface area contributed by atoms with Crippen molar-refractivity contribution in [2.24, 2.45) is 0 Å². The maximum Gasteiger partial charge on any atom is 0.405 e. The number of amides is 3. The summed E-state index contributed by atoms with van der Waals surface area (Å²) in [5, 5.41) is 7.25. The summed E-state index contributed by atoms with van der Waals surface area (Å²) in [4.78, 5) is 37.7. The van der Waals surface area contributed by atoms with Gasteiger partial charge in [-0.05, 0) is 42.8 Å². The molecule has 0 saturated carbocycles. The lowest BCUT2D eigenvalue weighted by Gasteiger charge is -2.16. The molecule has 0 spiro atoms. The van der Waals surface area contributed by atoms with Crippen molar-refractivity contribution in [2.45, 2.75) is 19.0 Å². The number of rotatable bonds is 7. The summed E-state index contributed by atoms with van der Waals surface area (Å²) >= 11 is 0. The first kappa shape index (κ1) is 22.1. The van der Waals surface area contributed by atoms with Gasteiger partial charge in [0.15, 0.2) is 0 Å². The number of benzene rings is 2. The minimum Gasteiger partial charge on any atom is -0.376 e. The summed E-state index contributed by atoms with van der Waals surface area (Å²) in [6.45, 7) is -0.972. The Labute approximate surface area is 176 Å². The lowest BCUT2D eigenvalue weighted by Crippen LogP contribution is -2.34. The number of nitrogens with zero attached hydrogens (tertiary/aromatic N) is 1. The zero-order valence-corrected chi connectivity index (χ0v) is 16.5. The fourth-order valence-corrected chi connectivity index (χ4v) is 3.14. The van der Waals surface area contributed by atoms with Crippen LogP contribution in [0.2, 0.25) is 0 Å². The van der Waals surface area contributed by atoms with Gasteiger partial charge < -0.3 is 20.9 Å². The minimum absolute atomic E-state index is 0.000756. The first-order valence-electron chi connectivity index (χ1n) is 9.61. The maximum absolute atomic E-state index is 12.3. The van der Waals surface area contributed by atoms with Crippen molar-refractivity contribution in [3.8, 4) is 0 Å². The molecule has 0 aliphatic carbocycles. The highest BCUT2D eigenvalue weighted by Crippen LogP contribution is 2.23. The van der Waals surface area contributed by atoms with E-state index in [-0.39, 0.29) is 23.7 Å². The Morgan fingerprint density at radius 1 is 1.03 bits per heavy atom. The number of para-hydroxylation sites is 1. The van der Waals surface area contributed by atoms with E-state index in [4.69, 9.17) is 0 Å². The van der Waals surface area contributed by atoms with Crippen LogP contribution in [0.25, 0.3) is 0 Å². The number of hydrogen-bond donors (Lipinski definition) is 3. The molecule has 0 unspecified atom stereocenters. The first-order chi connectivity index (χ1) is 14.7. The van der Waals surface area contributed by atoms with Crippen LogP contribution in [0.3, 0.4) is 0 Å². The molecule has 1 heterocycles. The SMILES string of the molecule is O=C(CNc1ccccc1C(=O)NCC(F)(F)F)Nc1ccc(N2CCCC2=O)cc1. The third-order valence-corrected chi connectivity index (χ3v) is 4.60. The number of halogens is 3. The van der Waals surface area contributed by atoms with Crippen molar-refractivity contribution in [3.63, 3.8) is 0 Å². The Bertz CT molecular complexity index is 961. The molecule has 3 N–H and O–H groups in total. The van der Waals surface area contributed by atoms with Crippen molar-refractivity contribution in [1.29, 1.82) is 0 Å². The summed E-state index contributed by atoms with van der Waals surface area (Å²) in [5.41, 5.74) is 1.52. The second-order valence-corrected chi connectivity index (χ2v) is 6.94. The van der Waals surface area contributed by atoms with E-state index in [9.17, 15) is 27.6 Å². The normalized spacial score (nSPS) is 13.8. The molecule has 3 amide bonds. The molecule has 1 saturated heterocycles. The molecule has 2 aromatic rings. The summed E-state index contributed by atoms with van der Waals surface area (Å²) in [6, 6.07) is 12.8. The lowest BCUT2D eigenvalue weighted by atomic mass is 10.1. The molecular formula is C21H21F3N4O3. The topological polar surface area (TPSA) is 90.5 Å². The van der Waals surface area contributed by atoms with Crippen molar-refractivity contribution >= 4 is 34.8 Å². The van der Waals surface area contributed by atoms with Gasteiger partial charge in [-0.3, -0.25) is 14.4 Å². The Morgan fingerprint density at radius 3 is 2.39 bits per heavy atom. The Balaban J connectivity index is 1.55. The molecule has 1 fully saturated rings. The van der Waals surface area contributed by atoms with Crippen LogP contribution in [0.4, 0.5) is 30.2 Å². The number of anilines is 3. The van der Waals surface area contributed by atoms with E-state index in [1.54, 1.807) is 40.5 Å². The lowest BCUT2D eigenvalue weighted by molar-refractivity contribution is -0.123. The highest BCUT2D eigenvalue weighted by Gasteiger charge is 2.28. The Morgan fingerprint density at radius 2 is 1.74 bits per heavy atom. The summed E-state index contributed by atoms with van der Waals surface area (Å²) in [5.74, 6) is -1.23. The number of carbonyl (C=O) groups excluding carboxylic acids is 3. The fraction of sp³-hybridized carbons (Fsp3) is 0.286. The zero-order chi connectivity index (χ0) is 22.4. The van der Waals surface area contributed by atoms with Gasteiger partial charge in [-0.1, -0.05) is 12.1 Å². The number of hydrogen-bond acceptors (Lipinski definition) is 4. The van der Waals surface area contributed by atoms with E-state index in [0.29, 0.717) is 18.7 Å². The molecule has 164 valence electrons. The highest BCUT2D eigenvalue weighted by atomic mass is 19.4. The van der Waals surface area contributed by atoms with Crippen LogP contribution < -0.4 is 20.9 Å². The molecule has 31 heavy (non-hydrogen) atoms. The van der Waals surface area contributed by atoms with Gasteiger partial charge in [0.1, 0.15) is 6.54 Å². The second-order valence-electron chi connectivity index (χ2n) is 6.94. The van der Waals surface area contributed by atoms with Crippen LogP contribution in [0.5, 0.6) is 0 Å². The predicted octanol–water partition coefficient (Wildman–Crippen LogP) is 3.16. The average Bonchev–Trinajstić information content (AvgIpc) is 3.16. The molecule has 10 heteroatoms. The molecular weight excluding hydrogens is 413 g/mol. The van der Waals surface area contributed by atoms with Gasteiger partial charge in [0.2, 0.25) is 11.8 Å². The van der Waals surface area contributed by atoms with E-state index in [1.165, 1.54) is 18.2 Å². The predicted molar refractivity (Wildman–Crippen MR) is 110 cm³/mol. The van der Waals surface area contributed by atoms with E-state index >= 15 is 0 Å². The number of nitrogens with one attached hydrogen (secondary N) is 3. The molecule has 0 atom stereocenters. The van der Waals surface area contributed by atoms with Gasteiger partial charge in [-0.15, -0.1) is 0 Å². The molecule has 2 aromatic carbocycles. The monoisotopic (exact) mass is 434 g/mol. The van der Waals surface area contributed by atoms with Crippen LogP contribution in [0.1, 0.15) is 23.2 Å². The van der Waals surface area contributed by atoms with Gasteiger partial charge >= 0.3 is 6.18 Å². The Hall–Kier alpha value is -3.56. The smallest absolute Gasteiger partial charge is 0.376 e. The average molecular weight is 434 g/mol. The molecule has 0 radical (unpaired) electrons. The van der Waals surface area contributed by atoms with E-state index in [1.807, 2.05) is 0 Å². The molecule has 0 bridgehead atoms. The van der Waals surface area contributed by atoms with E-state index in [0.717, 1.165) is 12.1 Å². The fourth-order valence-electron chi connectivity index (χ4n) is 3.14. The minimum atomic E-state index is -4.52. The summed E-state index contributed by atoms with van der Waals surface area (Å²) in [6.07, 6.45) is -3.17. The molecule has 7 nitrogen and oxygen atoms in total.